The van der Waals surface area contributed by atoms with Crippen molar-refractivity contribution in [2.24, 2.45) is 0 Å². The molecular formula is C12H14BrF2N3O5. The van der Waals surface area contributed by atoms with E-state index in [1.54, 1.807) is 0 Å². The van der Waals surface area contributed by atoms with E-state index < -0.39 is 47.5 Å². The van der Waals surface area contributed by atoms with Crippen LogP contribution in [0.3, 0.4) is 0 Å². The normalized spacial score (nSPS) is 27.6. The maximum absolute atomic E-state index is 14.2. The van der Waals surface area contributed by atoms with Crippen LogP contribution >= 0.6 is 15.9 Å². The second-order valence-electron chi connectivity index (χ2n) is 4.93. The molecule has 0 aromatic carbocycles. The number of aliphatic hydroxyl groups excluding tert-OH is 1. The summed E-state index contributed by atoms with van der Waals surface area (Å²) in [6.45, 7) is 0.907. The lowest BCUT2D eigenvalue weighted by Gasteiger charge is -2.20. The van der Waals surface area contributed by atoms with Gasteiger partial charge < -0.3 is 20.3 Å². The maximum Gasteiger partial charge on any atom is 0.351 e. The van der Waals surface area contributed by atoms with Gasteiger partial charge in [-0.1, -0.05) is 15.9 Å². The van der Waals surface area contributed by atoms with E-state index in [0.717, 1.165) is 12.3 Å². The lowest BCUT2D eigenvalue weighted by atomic mass is 10.1. The largest absolute Gasteiger partial charge is 0.462 e. The molecule has 0 amide bonds. The Labute approximate surface area is 137 Å². The Morgan fingerprint density at radius 2 is 2.35 bits per heavy atom. The molecule has 2 heterocycles. The van der Waals surface area contributed by atoms with E-state index in [1.807, 2.05) is 0 Å². The SMILES string of the molecule is CC(Br)C(=O)OC[C@H]1OC(n2ccc(N)nc2=O)C(F)(F)[C@H]1O. The molecule has 0 bridgehead atoms. The van der Waals surface area contributed by atoms with Gasteiger partial charge in [0.2, 0.25) is 6.23 Å². The summed E-state index contributed by atoms with van der Waals surface area (Å²) in [4.78, 5) is 25.7. The van der Waals surface area contributed by atoms with Crippen molar-refractivity contribution in [1.29, 1.82) is 0 Å². The standard InChI is InChI=1S/C12H14BrF2N3O5/c1-5(13)9(20)22-4-6-8(19)12(14,15)10(23-6)18-3-2-7(16)17-11(18)21/h2-3,5-6,8,10,19H,4H2,1H3,(H2,16,17,21)/t5?,6-,8+,10?/m1/s1. The van der Waals surface area contributed by atoms with Crippen LogP contribution in [0.4, 0.5) is 14.6 Å². The van der Waals surface area contributed by atoms with Crippen LogP contribution in [0, 0.1) is 0 Å². The molecule has 3 N–H and O–H groups in total. The van der Waals surface area contributed by atoms with E-state index in [9.17, 15) is 23.5 Å². The fourth-order valence-electron chi connectivity index (χ4n) is 1.99. The molecule has 1 saturated heterocycles. The highest BCUT2D eigenvalue weighted by Crippen LogP contribution is 2.42. The monoisotopic (exact) mass is 397 g/mol. The van der Waals surface area contributed by atoms with E-state index in [-0.39, 0.29) is 5.82 Å². The third-order valence-corrected chi connectivity index (χ3v) is 3.57. The Hall–Kier alpha value is -1.59. The summed E-state index contributed by atoms with van der Waals surface area (Å²) >= 11 is 2.96. The predicted octanol–water partition coefficient (Wildman–Crippen LogP) is 0.0457. The first-order chi connectivity index (χ1) is 10.6. The number of carbonyl (C=O) groups excluding carboxylic acids is 1. The van der Waals surface area contributed by atoms with Crippen LogP contribution in [0.2, 0.25) is 0 Å². The molecule has 0 radical (unpaired) electrons. The summed E-state index contributed by atoms with van der Waals surface area (Å²) in [5.74, 6) is -4.61. The van der Waals surface area contributed by atoms with E-state index in [4.69, 9.17) is 15.2 Å². The Balaban J connectivity index is 2.19. The highest BCUT2D eigenvalue weighted by atomic mass is 79.9. The number of hydrogen-bond acceptors (Lipinski definition) is 7. The zero-order valence-electron chi connectivity index (χ0n) is 11.9. The van der Waals surface area contributed by atoms with Crippen LogP contribution in [-0.4, -0.2) is 50.2 Å². The molecule has 128 valence electrons. The molecule has 0 saturated carbocycles. The Morgan fingerprint density at radius 3 is 2.91 bits per heavy atom. The van der Waals surface area contributed by atoms with Gasteiger partial charge in [-0.05, 0) is 13.0 Å². The fourth-order valence-corrected chi connectivity index (χ4v) is 2.12. The zero-order valence-corrected chi connectivity index (χ0v) is 13.4. The fraction of sp³-hybridized carbons (Fsp3) is 0.583. The third-order valence-electron chi connectivity index (χ3n) is 3.20. The summed E-state index contributed by atoms with van der Waals surface area (Å²) in [6.07, 6.45) is -4.83. The Morgan fingerprint density at radius 1 is 1.70 bits per heavy atom. The summed E-state index contributed by atoms with van der Waals surface area (Å²) in [5, 5.41) is 9.71. The smallest absolute Gasteiger partial charge is 0.351 e. The van der Waals surface area contributed by atoms with Gasteiger partial charge in [0.15, 0.2) is 6.10 Å². The number of aliphatic hydroxyl groups is 1. The quantitative estimate of drug-likeness (QED) is 0.544. The van der Waals surface area contributed by atoms with Crippen LogP contribution in [0.25, 0.3) is 0 Å². The molecule has 1 fully saturated rings. The summed E-state index contributed by atoms with van der Waals surface area (Å²) in [7, 11) is 0. The van der Waals surface area contributed by atoms with Crippen LogP contribution in [0.1, 0.15) is 13.2 Å². The number of nitrogens with zero attached hydrogens (tertiary/aromatic N) is 2. The number of rotatable bonds is 4. The molecule has 1 aromatic heterocycles. The van der Waals surface area contributed by atoms with Gasteiger partial charge in [-0.25, -0.2) is 4.79 Å². The highest BCUT2D eigenvalue weighted by Gasteiger charge is 2.60. The van der Waals surface area contributed by atoms with Crippen molar-refractivity contribution in [3.63, 3.8) is 0 Å². The second kappa shape index (κ2) is 6.49. The number of carbonyl (C=O) groups is 1. The molecule has 0 aliphatic carbocycles. The predicted molar refractivity (Wildman–Crippen MR) is 77.1 cm³/mol. The van der Waals surface area contributed by atoms with Gasteiger partial charge in [0.25, 0.3) is 0 Å². The lowest BCUT2D eigenvalue weighted by Crippen LogP contribution is -2.42. The Bertz CT molecular complexity index is 654. The first kappa shape index (κ1) is 17.8. The molecule has 1 aromatic rings. The number of nitrogens with two attached hydrogens (primary N) is 1. The van der Waals surface area contributed by atoms with Crippen LogP contribution < -0.4 is 11.4 Å². The topological polar surface area (TPSA) is 117 Å². The third kappa shape index (κ3) is 3.51. The average molecular weight is 398 g/mol. The maximum atomic E-state index is 14.2. The number of halogens is 3. The van der Waals surface area contributed by atoms with Crippen LogP contribution in [0.5, 0.6) is 0 Å². The number of anilines is 1. The minimum absolute atomic E-state index is 0.134. The van der Waals surface area contributed by atoms with Gasteiger partial charge in [-0.15, -0.1) is 0 Å². The molecule has 2 rings (SSSR count). The van der Waals surface area contributed by atoms with Gasteiger partial charge >= 0.3 is 17.6 Å². The molecule has 11 heteroatoms. The van der Waals surface area contributed by atoms with Crippen LogP contribution in [0.15, 0.2) is 17.1 Å². The first-order valence-electron chi connectivity index (χ1n) is 6.51. The van der Waals surface area contributed by atoms with E-state index >= 15 is 0 Å². The molecule has 23 heavy (non-hydrogen) atoms. The van der Waals surface area contributed by atoms with Gasteiger partial charge in [-0.3, -0.25) is 9.36 Å². The Kier molecular flexibility index (Phi) is 5.01. The minimum atomic E-state index is -3.78. The molecule has 0 spiro atoms. The molecule has 8 nitrogen and oxygen atoms in total. The van der Waals surface area contributed by atoms with Crippen molar-refractivity contribution in [2.75, 3.05) is 12.3 Å². The van der Waals surface area contributed by atoms with Crippen LogP contribution in [-0.2, 0) is 14.3 Å². The number of alkyl halides is 3. The van der Waals surface area contributed by atoms with Crippen molar-refractivity contribution in [3.8, 4) is 0 Å². The van der Waals surface area contributed by atoms with Crippen molar-refractivity contribution >= 4 is 27.7 Å². The van der Waals surface area contributed by atoms with Gasteiger partial charge in [-0.2, -0.15) is 13.8 Å². The average Bonchev–Trinajstić information content (AvgIpc) is 2.68. The summed E-state index contributed by atoms with van der Waals surface area (Å²) in [6, 6.07) is 1.15. The molecule has 2 unspecified atom stereocenters. The van der Waals surface area contributed by atoms with Gasteiger partial charge in [0.1, 0.15) is 23.4 Å². The molecule has 4 atom stereocenters. The van der Waals surface area contributed by atoms with E-state index in [0.29, 0.717) is 4.57 Å². The van der Waals surface area contributed by atoms with Gasteiger partial charge in [0.05, 0.1) is 0 Å². The van der Waals surface area contributed by atoms with Gasteiger partial charge in [0, 0.05) is 6.20 Å². The molecular weight excluding hydrogens is 384 g/mol. The van der Waals surface area contributed by atoms with Crippen molar-refractivity contribution in [3.05, 3.63) is 22.7 Å². The summed E-state index contributed by atoms with van der Waals surface area (Å²) < 4.78 is 38.6. The zero-order chi connectivity index (χ0) is 17.4. The number of ether oxygens (including phenoxy) is 2. The van der Waals surface area contributed by atoms with Crippen molar-refractivity contribution in [1.82, 2.24) is 9.55 Å². The minimum Gasteiger partial charge on any atom is -0.462 e. The van der Waals surface area contributed by atoms with Crippen molar-refractivity contribution < 1.29 is 28.2 Å². The van der Waals surface area contributed by atoms with E-state index in [1.165, 1.54) is 6.92 Å². The molecule has 1 aliphatic heterocycles. The lowest BCUT2D eigenvalue weighted by molar-refractivity contribution is -0.149. The number of esters is 1. The highest BCUT2D eigenvalue weighted by molar-refractivity contribution is 9.10. The second-order valence-corrected chi connectivity index (χ2v) is 6.31. The number of hydrogen-bond donors (Lipinski definition) is 2. The summed E-state index contributed by atoms with van der Waals surface area (Å²) in [5.41, 5.74) is 4.25. The first-order valence-corrected chi connectivity index (χ1v) is 7.43. The number of aromatic nitrogens is 2. The van der Waals surface area contributed by atoms with Crippen molar-refractivity contribution in [2.45, 2.75) is 36.1 Å². The molecule has 1 aliphatic rings. The number of nitrogen functional groups attached to an aromatic ring is 1. The van der Waals surface area contributed by atoms with E-state index in [2.05, 4.69) is 20.9 Å².